The number of halogens is 1. The summed E-state index contributed by atoms with van der Waals surface area (Å²) in [6, 6.07) is 8.19. The van der Waals surface area contributed by atoms with E-state index in [2.05, 4.69) is 25.3 Å². The number of hydrazine groups is 1. The van der Waals surface area contributed by atoms with Gasteiger partial charge in [0.25, 0.3) is 5.91 Å². The van der Waals surface area contributed by atoms with Gasteiger partial charge in [0, 0.05) is 25.2 Å². The third-order valence-electron chi connectivity index (χ3n) is 5.25. The quantitative estimate of drug-likeness (QED) is 0.225. The fourth-order valence-corrected chi connectivity index (χ4v) is 4.22. The highest BCUT2D eigenvalue weighted by Crippen LogP contribution is 2.36. The first-order valence-electron chi connectivity index (χ1n) is 10.2. The van der Waals surface area contributed by atoms with E-state index in [1.165, 1.54) is 28.5 Å². The van der Waals surface area contributed by atoms with Gasteiger partial charge in [0.2, 0.25) is 0 Å². The van der Waals surface area contributed by atoms with Crippen LogP contribution in [0, 0.1) is 5.82 Å². The van der Waals surface area contributed by atoms with Crippen molar-refractivity contribution in [3.63, 3.8) is 0 Å². The first-order chi connectivity index (χ1) is 15.3. The molecule has 0 aliphatic heterocycles. The molecule has 1 aliphatic carbocycles. The molecule has 0 saturated heterocycles. The van der Waals surface area contributed by atoms with Crippen LogP contribution in [0.15, 0.2) is 35.4 Å². The lowest BCUT2D eigenvalue weighted by atomic mass is 10.2. The van der Waals surface area contributed by atoms with Gasteiger partial charge in [-0.1, -0.05) is 17.4 Å². The summed E-state index contributed by atoms with van der Waals surface area (Å²) in [6.45, 7) is 3.76. The van der Waals surface area contributed by atoms with Crippen molar-refractivity contribution in [3.05, 3.63) is 47.4 Å². The molecule has 0 unspecified atom stereocenters. The largest absolute Gasteiger partial charge is 0.348 e. The number of anilines is 2. The van der Waals surface area contributed by atoms with Crippen LogP contribution in [-0.4, -0.2) is 45.9 Å². The average molecular weight is 457 g/mol. The van der Waals surface area contributed by atoms with Crippen LogP contribution in [0.4, 0.5) is 15.3 Å². The van der Waals surface area contributed by atoms with Crippen molar-refractivity contribution in [2.75, 3.05) is 17.3 Å². The lowest BCUT2D eigenvalue weighted by molar-refractivity contribution is 0.102. The molecule has 32 heavy (non-hydrogen) atoms. The third kappa shape index (κ3) is 4.34. The summed E-state index contributed by atoms with van der Waals surface area (Å²) in [5.74, 6) is 10.7. The third-order valence-corrected chi connectivity index (χ3v) is 6.36. The molecule has 4 rings (SSSR count). The number of hydrogen-bond donors (Lipinski definition) is 3. The average Bonchev–Trinajstić information content (AvgIpc) is 3.53. The smallest absolute Gasteiger partial charge is 0.259 e. The predicted molar refractivity (Wildman–Crippen MR) is 125 cm³/mol. The summed E-state index contributed by atoms with van der Waals surface area (Å²) >= 11 is 1.44. The lowest BCUT2D eigenvalue weighted by Gasteiger charge is -2.23. The maximum atomic E-state index is 14.7. The van der Waals surface area contributed by atoms with Gasteiger partial charge >= 0.3 is 0 Å². The van der Waals surface area contributed by atoms with Crippen LogP contribution >= 0.6 is 11.3 Å². The molecule has 9 nitrogen and oxygen atoms in total. The number of thiazole rings is 1. The van der Waals surface area contributed by atoms with Gasteiger partial charge in [-0.3, -0.25) is 9.80 Å². The first kappa shape index (κ1) is 21.9. The normalized spacial score (nSPS) is 14.1. The van der Waals surface area contributed by atoms with Gasteiger partial charge in [0.15, 0.2) is 11.0 Å². The van der Waals surface area contributed by atoms with E-state index < -0.39 is 11.7 Å². The molecule has 0 atom stereocenters. The molecule has 11 heteroatoms. The van der Waals surface area contributed by atoms with Crippen molar-refractivity contribution < 1.29 is 9.18 Å². The van der Waals surface area contributed by atoms with Gasteiger partial charge in [-0.2, -0.15) is 5.10 Å². The summed E-state index contributed by atoms with van der Waals surface area (Å²) in [6.07, 6.45) is 2.27. The molecule has 1 aromatic carbocycles. The maximum Gasteiger partial charge on any atom is 0.259 e. The highest BCUT2D eigenvalue weighted by Gasteiger charge is 2.28. The van der Waals surface area contributed by atoms with Crippen LogP contribution in [0.25, 0.3) is 10.2 Å². The summed E-state index contributed by atoms with van der Waals surface area (Å²) in [7, 11) is 1.98. The first-order valence-corrected chi connectivity index (χ1v) is 11.0. The van der Waals surface area contributed by atoms with Crippen LogP contribution < -0.4 is 21.9 Å². The molecule has 1 fully saturated rings. The van der Waals surface area contributed by atoms with Crippen molar-refractivity contribution in [2.24, 2.45) is 16.8 Å². The summed E-state index contributed by atoms with van der Waals surface area (Å²) in [5, 5.41) is 8.54. The van der Waals surface area contributed by atoms with Crippen LogP contribution in [-0.2, 0) is 0 Å². The van der Waals surface area contributed by atoms with Crippen LogP contribution in [0.5, 0.6) is 0 Å². The molecule has 2 heterocycles. The van der Waals surface area contributed by atoms with Crippen molar-refractivity contribution in [3.8, 4) is 0 Å². The molecule has 1 aliphatic rings. The van der Waals surface area contributed by atoms with E-state index in [0.29, 0.717) is 17.3 Å². The molecule has 168 valence electrons. The number of fused-ring (bicyclic) bond motifs is 1. The summed E-state index contributed by atoms with van der Waals surface area (Å²) in [5.41, 5.74) is 0.837. The number of nitrogens with one attached hydrogen (secondary N) is 1. The number of benzene rings is 1. The Bertz CT molecular complexity index is 1190. The highest BCUT2D eigenvalue weighted by atomic mass is 32.1. The van der Waals surface area contributed by atoms with Gasteiger partial charge in [-0.15, -0.1) is 0 Å². The topological polar surface area (TPSA) is 126 Å². The number of amidine groups is 1. The molecule has 2 aromatic heterocycles. The molecule has 3 aromatic rings. The maximum absolute atomic E-state index is 14.7. The Hall–Kier alpha value is -3.31. The molecule has 1 saturated carbocycles. The zero-order chi connectivity index (χ0) is 23.0. The number of nitrogens with two attached hydrogens (primary N) is 2. The second-order valence-corrected chi connectivity index (χ2v) is 8.96. The standard InChI is InChI=1S/C21H25FN8OS/c1-11(2)30(24)19(28-23)15-5-4-6-18(25-15)27-20(31)13-9-17-16(10-14(13)22)26-21(32-17)29(3)12-7-8-12/h4-6,9-12H,7-8,23-24H2,1-3H3,(H,25,27,31)/b28-19-. The van der Waals surface area contributed by atoms with Gasteiger partial charge in [0.1, 0.15) is 17.3 Å². The minimum atomic E-state index is -0.644. The van der Waals surface area contributed by atoms with E-state index in [0.717, 1.165) is 22.7 Å². The number of carbonyl (C=O) groups excluding carboxylic acids is 1. The van der Waals surface area contributed by atoms with E-state index in [-0.39, 0.29) is 23.3 Å². The van der Waals surface area contributed by atoms with E-state index in [1.807, 2.05) is 20.9 Å². The number of pyridine rings is 1. The van der Waals surface area contributed by atoms with Gasteiger partial charge in [-0.25, -0.2) is 20.2 Å². The molecular weight excluding hydrogens is 431 g/mol. The number of aromatic nitrogens is 2. The number of hydrazone groups is 1. The van der Waals surface area contributed by atoms with Crippen molar-refractivity contribution >= 4 is 44.2 Å². The monoisotopic (exact) mass is 456 g/mol. The predicted octanol–water partition coefficient (Wildman–Crippen LogP) is 2.89. The molecule has 0 spiro atoms. The number of nitrogens with zero attached hydrogens (tertiary/aromatic N) is 5. The zero-order valence-electron chi connectivity index (χ0n) is 18.0. The number of hydrogen-bond acceptors (Lipinski definition) is 8. The van der Waals surface area contributed by atoms with Gasteiger partial charge < -0.3 is 16.1 Å². The Kier molecular flexibility index (Phi) is 5.94. The Morgan fingerprint density at radius 3 is 2.72 bits per heavy atom. The van der Waals surface area contributed by atoms with Gasteiger partial charge in [-0.05, 0) is 44.9 Å². The second kappa shape index (κ2) is 8.67. The fraction of sp³-hybridized carbons (Fsp3) is 0.333. The molecule has 0 bridgehead atoms. The van der Waals surface area contributed by atoms with Crippen molar-refractivity contribution in [1.29, 1.82) is 0 Å². The Labute approximate surface area is 188 Å². The Balaban J connectivity index is 1.58. The number of rotatable bonds is 6. The SMILES string of the molecule is CC(C)N(N)/C(=N\N)c1cccc(NC(=O)c2cc3sc(N(C)C4CC4)nc3cc2F)n1. The zero-order valence-corrected chi connectivity index (χ0v) is 18.9. The lowest BCUT2D eigenvalue weighted by Crippen LogP contribution is -2.44. The molecule has 0 radical (unpaired) electrons. The minimum absolute atomic E-state index is 0.0681. The minimum Gasteiger partial charge on any atom is -0.348 e. The van der Waals surface area contributed by atoms with Crippen LogP contribution in [0.3, 0.4) is 0 Å². The summed E-state index contributed by atoms with van der Waals surface area (Å²) < 4.78 is 15.5. The van der Waals surface area contributed by atoms with E-state index in [1.54, 1.807) is 18.2 Å². The number of carbonyl (C=O) groups is 1. The van der Waals surface area contributed by atoms with E-state index in [9.17, 15) is 9.18 Å². The summed E-state index contributed by atoms with van der Waals surface area (Å²) in [4.78, 5) is 23.8. The fourth-order valence-electron chi connectivity index (χ4n) is 3.20. The molecule has 1 amide bonds. The van der Waals surface area contributed by atoms with Crippen LogP contribution in [0.1, 0.15) is 42.7 Å². The van der Waals surface area contributed by atoms with E-state index in [4.69, 9.17) is 11.7 Å². The molecular formula is C21H25FN8OS. The van der Waals surface area contributed by atoms with Gasteiger partial charge in [0.05, 0.1) is 15.8 Å². The molecule has 5 N–H and O–H groups in total. The Morgan fingerprint density at radius 1 is 1.31 bits per heavy atom. The van der Waals surface area contributed by atoms with Crippen molar-refractivity contribution in [2.45, 2.75) is 38.8 Å². The second-order valence-electron chi connectivity index (χ2n) is 7.95. The van der Waals surface area contributed by atoms with Crippen molar-refractivity contribution in [1.82, 2.24) is 15.0 Å². The number of amides is 1. The highest BCUT2D eigenvalue weighted by molar-refractivity contribution is 7.22. The van der Waals surface area contributed by atoms with Crippen LogP contribution in [0.2, 0.25) is 0 Å². The Morgan fingerprint density at radius 2 is 2.06 bits per heavy atom. The van der Waals surface area contributed by atoms with E-state index >= 15 is 0 Å².